The van der Waals surface area contributed by atoms with Crippen LogP contribution in [0.25, 0.3) is 22.2 Å². The van der Waals surface area contributed by atoms with Gasteiger partial charge >= 0.3 is 0 Å². The highest BCUT2D eigenvalue weighted by Gasteiger charge is 2.10. The summed E-state index contributed by atoms with van der Waals surface area (Å²) in [5, 5.41) is 4.62. The Morgan fingerprint density at radius 3 is 2.57 bits per heavy atom. The molecular formula is C18H17BrN2. The molecule has 0 aliphatic carbocycles. The monoisotopic (exact) mass is 340 g/mol. The summed E-state index contributed by atoms with van der Waals surface area (Å²) in [5.74, 6) is 0. The molecule has 106 valence electrons. The third kappa shape index (κ3) is 2.66. The summed E-state index contributed by atoms with van der Waals surface area (Å²) in [6.45, 7) is 5.10. The molecule has 0 bridgehead atoms. The van der Waals surface area contributed by atoms with Crippen molar-refractivity contribution >= 4 is 32.5 Å². The predicted molar refractivity (Wildman–Crippen MR) is 93.8 cm³/mol. The van der Waals surface area contributed by atoms with Crippen molar-refractivity contribution in [3.05, 3.63) is 58.6 Å². The molecule has 1 N–H and O–H groups in total. The van der Waals surface area contributed by atoms with Crippen LogP contribution in [0.4, 0.5) is 5.69 Å². The maximum Gasteiger partial charge on any atom is 0.0770 e. The van der Waals surface area contributed by atoms with Gasteiger partial charge in [0, 0.05) is 27.7 Å². The van der Waals surface area contributed by atoms with Crippen molar-refractivity contribution in [2.24, 2.45) is 0 Å². The molecule has 0 fully saturated rings. The first-order valence-corrected chi connectivity index (χ1v) is 7.89. The van der Waals surface area contributed by atoms with Crippen LogP contribution in [0.15, 0.2) is 53.0 Å². The maximum absolute atomic E-state index is 4.88. The van der Waals surface area contributed by atoms with Gasteiger partial charge in [-0.05, 0) is 37.6 Å². The summed E-state index contributed by atoms with van der Waals surface area (Å²) < 4.78 is 1.09. The number of nitrogens with zero attached hydrogens (tertiary/aromatic N) is 1. The fourth-order valence-corrected chi connectivity index (χ4v) is 2.82. The molecule has 3 rings (SSSR count). The van der Waals surface area contributed by atoms with Crippen molar-refractivity contribution < 1.29 is 0 Å². The van der Waals surface area contributed by atoms with Gasteiger partial charge in [-0.3, -0.25) is 0 Å². The Kier molecular flexibility index (Phi) is 3.93. The van der Waals surface area contributed by atoms with Crippen LogP contribution in [-0.2, 0) is 0 Å². The number of nitrogens with one attached hydrogen (secondary N) is 1. The number of aryl methyl sites for hydroxylation is 1. The first-order valence-electron chi connectivity index (χ1n) is 7.10. The number of anilines is 1. The van der Waals surface area contributed by atoms with E-state index in [9.17, 15) is 0 Å². The van der Waals surface area contributed by atoms with Crippen molar-refractivity contribution in [2.45, 2.75) is 13.8 Å². The van der Waals surface area contributed by atoms with Gasteiger partial charge in [-0.2, -0.15) is 0 Å². The lowest BCUT2D eigenvalue weighted by Crippen LogP contribution is -2.00. The summed E-state index contributed by atoms with van der Waals surface area (Å²) >= 11 is 3.60. The van der Waals surface area contributed by atoms with E-state index in [1.807, 2.05) is 18.2 Å². The largest absolute Gasteiger partial charge is 0.385 e. The summed E-state index contributed by atoms with van der Waals surface area (Å²) in [6.07, 6.45) is 0. The van der Waals surface area contributed by atoms with Crippen molar-refractivity contribution in [3.63, 3.8) is 0 Å². The van der Waals surface area contributed by atoms with E-state index in [-0.39, 0.29) is 0 Å². The second-order valence-electron chi connectivity index (χ2n) is 5.02. The van der Waals surface area contributed by atoms with E-state index in [2.05, 4.69) is 65.4 Å². The third-order valence-electron chi connectivity index (χ3n) is 3.61. The van der Waals surface area contributed by atoms with E-state index in [0.29, 0.717) is 0 Å². The summed E-state index contributed by atoms with van der Waals surface area (Å²) in [4.78, 5) is 4.88. The zero-order chi connectivity index (χ0) is 14.8. The Morgan fingerprint density at radius 1 is 1.10 bits per heavy atom. The van der Waals surface area contributed by atoms with Gasteiger partial charge in [-0.15, -0.1) is 0 Å². The molecule has 2 nitrogen and oxygen atoms in total. The SMILES string of the molecule is CCNc1cc(-c2ccccc2)nc2c(C)c(Br)ccc12. The van der Waals surface area contributed by atoms with Crippen molar-refractivity contribution in [1.82, 2.24) is 4.98 Å². The Morgan fingerprint density at radius 2 is 1.86 bits per heavy atom. The first kappa shape index (κ1) is 14.1. The van der Waals surface area contributed by atoms with Gasteiger partial charge in [0.15, 0.2) is 0 Å². The summed E-state index contributed by atoms with van der Waals surface area (Å²) in [6, 6.07) is 16.6. The first-order chi connectivity index (χ1) is 10.2. The van der Waals surface area contributed by atoms with Crippen molar-refractivity contribution in [3.8, 4) is 11.3 Å². The molecule has 0 saturated heterocycles. The lowest BCUT2D eigenvalue weighted by atomic mass is 10.1. The molecule has 3 heteroatoms. The molecule has 0 aliphatic rings. The van der Waals surface area contributed by atoms with Crippen molar-refractivity contribution in [1.29, 1.82) is 0 Å². The molecule has 0 atom stereocenters. The van der Waals surface area contributed by atoms with Crippen molar-refractivity contribution in [2.75, 3.05) is 11.9 Å². The van der Waals surface area contributed by atoms with Gasteiger partial charge in [-0.1, -0.05) is 46.3 Å². The lowest BCUT2D eigenvalue weighted by molar-refractivity contribution is 1.21. The molecule has 0 saturated carbocycles. The number of halogens is 1. The Bertz CT molecular complexity index is 782. The van der Waals surface area contributed by atoms with Gasteiger partial charge in [0.1, 0.15) is 0 Å². The number of pyridine rings is 1. The van der Waals surface area contributed by atoms with Crippen LogP contribution < -0.4 is 5.32 Å². The average molecular weight is 341 g/mol. The topological polar surface area (TPSA) is 24.9 Å². The smallest absolute Gasteiger partial charge is 0.0770 e. The molecule has 0 radical (unpaired) electrons. The normalized spacial score (nSPS) is 10.8. The minimum absolute atomic E-state index is 0.891. The summed E-state index contributed by atoms with van der Waals surface area (Å²) in [7, 11) is 0. The maximum atomic E-state index is 4.88. The number of benzene rings is 2. The molecule has 21 heavy (non-hydrogen) atoms. The van der Waals surface area contributed by atoms with Crippen LogP contribution in [0.5, 0.6) is 0 Å². The molecule has 0 aliphatic heterocycles. The zero-order valence-corrected chi connectivity index (χ0v) is 13.7. The van der Waals surface area contributed by atoms with Crippen LogP contribution in [0.3, 0.4) is 0 Å². The van der Waals surface area contributed by atoms with Gasteiger partial charge in [-0.25, -0.2) is 4.98 Å². The van der Waals surface area contributed by atoms with Gasteiger partial charge < -0.3 is 5.32 Å². The molecule has 1 heterocycles. The molecule has 0 spiro atoms. The number of hydrogen-bond donors (Lipinski definition) is 1. The molecule has 0 unspecified atom stereocenters. The molecule has 3 aromatic rings. The van der Waals surface area contributed by atoms with E-state index in [1.54, 1.807) is 0 Å². The van der Waals surface area contributed by atoms with E-state index >= 15 is 0 Å². The van der Waals surface area contributed by atoms with E-state index in [4.69, 9.17) is 4.98 Å². The van der Waals surface area contributed by atoms with Crippen LogP contribution >= 0.6 is 15.9 Å². The highest BCUT2D eigenvalue weighted by molar-refractivity contribution is 9.10. The Hall–Kier alpha value is -1.87. The fourth-order valence-electron chi connectivity index (χ4n) is 2.50. The van der Waals surface area contributed by atoms with Gasteiger partial charge in [0.2, 0.25) is 0 Å². The number of rotatable bonds is 3. The third-order valence-corrected chi connectivity index (χ3v) is 4.46. The standard InChI is InChI=1S/C18H17BrN2/c1-3-20-17-11-16(13-7-5-4-6-8-13)21-18-12(2)15(19)10-9-14(17)18/h4-11H,3H2,1-2H3,(H,20,21). The molecule has 2 aromatic carbocycles. The van der Waals surface area contributed by atoms with Crippen LogP contribution in [0, 0.1) is 6.92 Å². The quantitative estimate of drug-likeness (QED) is 0.689. The number of aromatic nitrogens is 1. The van der Waals surface area contributed by atoms with E-state index < -0.39 is 0 Å². The minimum atomic E-state index is 0.891. The van der Waals surface area contributed by atoms with Crippen LogP contribution in [0.1, 0.15) is 12.5 Å². The number of hydrogen-bond acceptors (Lipinski definition) is 2. The Balaban J connectivity index is 2.30. The minimum Gasteiger partial charge on any atom is -0.385 e. The fraction of sp³-hybridized carbons (Fsp3) is 0.167. The van der Waals surface area contributed by atoms with Gasteiger partial charge in [0.05, 0.1) is 11.2 Å². The second kappa shape index (κ2) is 5.86. The molecular weight excluding hydrogens is 324 g/mol. The van der Waals surface area contributed by atoms with E-state index in [1.165, 1.54) is 5.56 Å². The van der Waals surface area contributed by atoms with E-state index in [0.717, 1.165) is 38.9 Å². The molecule has 1 aromatic heterocycles. The second-order valence-corrected chi connectivity index (χ2v) is 5.87. The zero-order valence-electron chi connectivity index (χ0n) is 12.2. The average Bonchev–Trinajstić information content (AvgIpc) is 2.52. The lowest BCUT2D eigenvalue weighted by Gasteiger charge is -2.13. The highest BCUT2D eigenvalue weighted by Crippen LogP contribution is 2.32. The predicted octanol–water partition coefficient (Wildman–Crippen LogP) is 5.40. The summed E-state index contributed by atoms with van der Waals surface area (Å²) in [5.41, 5.74) is 5.49. The van der Waals surface area contributed by atoms with Crippen LogP contribution in [-0.4, -0.2) is 11.5 Å². The molecule has 0 amide bonds. The number of fused-ring (bicyclic) bond motifs is 1. The highest BCUT2D eigenvalue weighted by atomic mass is 79.9. The van der Waals surface area contributed by atoms with Crippen LogP contribution in [0.2, 0.25) is 0 Å². The Labute approximate surface area is 133 Å². The van der Waals surface area contributed by atoms with Gasteiger partial charge in [0.25, 0.3) is 0 Å².